The maximum absolute atomic E-state index is 12.4. The number of carbonyl (C=O) groups excluding carboxylic acids is 4. The molecule has 8 heteroatoms. The number of imide groups is 1. The highest BCUT2D eigenvalue weighted by molar-refractivity contribution is 6.00. The normalized spacial score (nSPS) is 16.4. The van der Waals surface area contributed by atoms with Gasteiger partial charge in [-0.15, -0.1) is 0 Å². The van der Waals surface area contributed by atoms with Crippen LogP contribution in [0.4, 0.5) is 5.69 Å². The summed E-state index contributed by atoms with van der Waals surface area (Å²) in [6.45, 7) is 1.000. The van der Waals surface area contributed by atoms with Crippen LogP contribution in [0.2, 0.25) is 0 Å². The molecule has 1 fully saturated rings. The van der Waals surface area contributed by atoms with Gasteiger partial charge in [-0.1, -0.05) is 31.4 Å². The maximum atomic E-state index is 12.4. The van der Waals surface area contributed by atoms with Crippen molar-refractivity contribution >= 4 is 29.7 Å². The fourth-order valence-electron chi connectivity index (χ4n) is 3.64. The molecule has 1 atom stereocenters. The molecule has 1 aliphatic heterocycles. The summed E-state index contributed by atoms with van der Waals surface area (Å²) in [6, 6.07) is 4.72. The number of amides is 3. The maximum Gasteiger partial charge on any atom is 0.243 e. The Morgan fingerprint density at radius 2 is 1.97 bits per heavy atom. The zero-order chi connectivity index (χ0) is 21.9. The minimum atomic E-state index is -0.459. The van der Waals surface area contributed by atoms with Crippen molar-refractivity contribution in [2.75, 3.05) is 18.9 Å². The van der Waals surface area contributed by atoms with Crippen molar-refractivity contribution in [2.24, 2.45) is 5.73 Å². The topological polar surface area (TPSA) is 122 Å². The Kier molecular flexibility index (Phi) is 9.63. The molecule has 0 bridgehead atoms. The van der Waals surface area contributed by atoms with E-state index in [2.05, 4.69) is 10.6 Å². The first-order valence-electron chi connectivity index (χ1n) is 10.6. The molecule has 30 heavy (non-hydrogen) atoms. The van der Waals surface area contributed by atoms with Crippen molar-refractivity contribution < 1.29 is 19.2 Å². The van der Waals surface area contributed by atoms with Crippen LogP contribution >= 0.6 is 0 Å². The minimum absolute atomic E-state index is 0.0956. The third kappa shape index (κ3) is 7.03. The predicted molar refractivity (Wildman–Crippen MR) is 115 cm³/mol. The first-order valence-corrected chi connectivity index (χ1v) is 10.6. The van der Waals surface area contributed by atoms with Crippen LogP contribution in [-0.4, -0.2) is 48.5 Å². The first-order chi connectivity index (χ1) is 14.5. The zero-order valence-electron chi connectivity index (χ0n) is 17.6. The summed E-state index contributed by atoms with van der Waals surface area (Å²) in [5.74, 6) is -0.701. The molecule has 2 rings (SSSR count). The number of rotatable bonds is 12. The SMILES string of the molecule is CN(Cc1c(C=O)cccc1NC(=O)CCCCCCCN)C1CCC(=O)NC1=O. The van der Waals surface area contributed by atoms with Crippen LogP contribution in [0.1, 0.15) is 67.3 Å². The molecule has 0 spiro atoms. The summed E-state index contributed by atoms with van der Waals surface area (Å²) in [4.78, 5) is 49.3. The molecule has 1 aromatic carbocycles. The number of hydrogen-bond acceptors (Lipinski definition) is 6. The van der Waals surface area contributed by atoms with Crippen LogP contribution in [-0.2, 0) is 20.9 Å². The van der Waals surface area contributed by atoms with Crippen LogP contribution in [0.25, 0.3) is 0 Å². The summed E-state index contributed by atoms with van der Waals surface area (Å²) in [6.07, 6.45) is 6.80. The Morgan fingerprint density at radius 3 is 2.67 bits per heavy atom. The van der Waals surface area contributed by atoms with Gasteiger partial charge in [-0.2, -0.15) is 0 Å². The van der Waals surface area contributed by atoms with E-state index in [-0.39, 0.29) is 24.1 Å². The van der Waals surface area contributed by atoms with Gasteiger partial charge in [-0.25, -0.2) is 0 Å². The molecule has 0 aliphatic carbocycles. The molecule has 3 amide bonds. The quantitative estimate of drug-likeness (QED) is 0.272. The number of piperidine rings is 1. The van der Waals surface area contributed by atoms with Gasteiger partial charge in [0.15, 0.2) is 0 Å². The number of anilines is 1. The molecular formula is C22H32N4O4. The molecular weight excluding hydrogens is 384 g/mol. The largest absolute Gasteiger partial charge is 0.330 e. The van der Waals surface area contributed by atoms with Crippen LogP contribution in [0.15, 0.2) is 18.2 Å². The van der Waals surface area contributed by atoms with E-state index in [1.165, 1.54) is 0 Å². The molecule has 0 radical (unpaired) electrons. The molecule has 1 aliphatic rings. The molecule has 0 saturated carbocycles. The van der Waals surface area contributed by atoms with Crippen molar-refractivity contribution in [1.29, 1.82) is 0 Å². The summed E-state index contributed by atoms with van der Waals surface area (Å²) in [7, 11) is 1.77. The average Bonchev–Trinajstić information content (AvgIpc) is 2.71. The lowest BCUT2D eigenvalue weighted by Gasteiger charge is -2.30. The Bertz CT molecular complexity index is 766. The molecule has 1 aromatic rings. The number of unbranched alkanes of at least 4 members (excludes halogenated alkanes) is 4. The van der Waals surface area contributed by atoms with Gasteiger partial charge in [0.05, 0.1) is 6.04 Å². The Hall–Kier alpha value is -2.58. The lowest BCUT2D eigenvalue weighted by Crippen LogP contribution is -2.51. The van der Waals surface area contributed by atoms with Crippen LogP contribution in [0.3, 0.4) is 0 Å². The molecule has 1 unspecified atom stereocenters. The van der Waals surface area contributed by atoms with Gasteiger partial charge in [-0.05, 0) is 38.9 Å². The van der Waals surface area contributed by atoms with Gasteiger partial charge in [-0.3, -0.25) is 29.4 Å². The Morgan fingerprint density at radius 1 is 1.23 bits per heavy atom. The van der Waals surface area contributed by atoms with Crippen LogP contribution in [0.5, 0.6) is 0 Å². The number of nitrogens with zero attached hydrogens (tertiary/aromatic N) is 1. The summed E-state index contributed by atoms with van der Waals surface area (Å²) in [5, 5.41) is 5.26. The zero-order valence-corrected chi connectivity index (χ0v) is 17.6. The predicted octanol–water partition coefficient (Wildman–Crippen LogP) is 1.97. The molecule has 4 N–H and O–H groups in total. The smallest absolute Gasteiger partial charge is 0.243 e. The van der Waals surface area contributed by atoms with E-state index < -0.39 is 6.04 Å². The summed E-state index contributed by atoms with van der Waals surface area (Å²) in [5.41, 5.74) is 7.19. The van der Waals surface area contributed by atoms with Gasteiger partial charge in [0, 0.05) is 36.2 Å². The number of hydrogen-bond donors (Lipinski definition) is 3. The van der Waals surface area contributed by atoms with Crippen molar-refractivity contribution in [2.45, 2.75) is 64.0 Å². The van der Waals surface area contributed by atoms with Crippen LogP contribution < -0.4 is 16.4 Å². The fraction of sp³-hybridized carbons (Fsp3) is 0.545. The summed E-state index contributed by atoms with van der Waals surface area (Å²) >= 11 is 0. The number of nitrogens with one attached hydrogen (secondary N) is 2. The van der Waals surface area contributed by atoms with Gasteiger partial charge < -0.3 is 11.1 Å². The van der Waals surface area contributed by atoms with Crippen LogP contribution in [0, 0.1) is 0 Å². The van der Waals surface area contributed by atoms with E-state index in [0.717, 1.165) is 38.4 Å². The third-order valence-corrected chi connectivity index (χ3v) is 5.37. The monoisotopic (exact) mass is 416 g/mol. The lowest BCUT2D eigenvalue weighted by atomic mass is 10.0. The van der Waals surface area contributed by atoms with E-state index in [0.29, 0.717) is 42.7 Å². The highest BCUT2D eigenvalue weighted by atomic mass is 16.2. The Balaban J connectivity index is 2.00. The molecule has 1 heterocycles. The molecule has 0 aromatic heterocycles. The minimum Gasteiger partial charge on any atom is -0.330 e. The third-order valence-electron chi connectivity index (χ3n) is 5.37. The average molecular weight is 417 g/mol. The van der Waals surface area contributed by atoms with E-state index in [4.69, 9.17) is 5.73 Å². The van der Waals surface area contributed by atoms with Gasteiger partial charge in [0.1, 0.15) is 6.29 Å². The van der Waals surface area contributed by atoms with E-state index in [9.17, 15) is 19.2 Å². The van der Waals surface area contributed by atoms with E-state index in [1.807, 2.05) is 0 Å². The second-order valence-electron chi connectivity index (χ2n) is 7.73. The van der Waals surface area contributed by atoms with E-state index in [1.54, 1.807) is 30.1 Å². The van der Waals surface area contributed by atoms with Gasteiger partial charge in [0.2, 0.25) is 17.7 Å². The first kappa shape index (κ1) is 23.7. The van der Waals surface area contributed by atoms with E-state index >= 15 is 0 Å². The van der Waals surface area contributed by atoms with Crippen molar-refractivity contribution in [3.8, 4) is 0 Å². The lowest BCUT2D eigenvalue weighted by molar-refractivity contribution is -0.137. The van der Waals surface area contributed by atoms with Crippen molar-refractivity contribution in [3.63, 3.8) is 0 Å². The van der Waals surface area contributed by atoms with Gasteiger partial charge >= 0.3 is 0 Å². The highest BCUT2D eigenvalue weighted by Crippen LogP contribution is 2.23. The number of benzene rings is 1. The fourth-order valence-corrected chi connectivity index (χ4v) is 3.64. The Labute approximate surface area is 177 Å². The summed E-state index contributed by atoms with van der Waals surface area (Å²) < 4.78 is 0. The van der Waals surface area contributed by atoms with Crippen molar-refractivity contribution in [3.05, 3.63) is 29.3 Å². The number of likely N-dealkylation sites (N-methyl/N-ethyl adjacent to an activating group) is 1. The standard InChI is InChI=1S/C22H32N4O4/c1-26(19-11-12-21(29)25-22(19)30)14-17-16(15-27)8-7-9-18(17)24-20(28)10-5-3-2-4-6-13-23/h7-9,15,19H,2-6,10-14,23H2,1H3,(H,24,28)(H,25,29,30). The van der Waals surface area contributed by atoms with Gasteiger partial charge in [0.25, 0.3) is 0 Å². The molecule has 1 saturated heterocycles. The van der Waals surface area contributed by atoms with Crippen molar-refractivity contribution in [1.82, 2.24) is 10.2 Å². The number of carbonyl (C=O) groups is 4. The highest BCUT2D eigenvalue weighted by Gasteiger charge is 2.30. The molecule has 8 nitrogen and oxygen atoms in total. The number of nitrogens with two attached hydrogens (primary N) is 1. The number of aldehydes is 1. The second-order valence-corrected chi connectivity index (χ2v) is 7.73. The molecule has 164 valence electrons. The second kappa shape index (κ2) is 12.2.